The lowest BCUT2D eigenvalue weighted by Crippen LogP contribution is -2.39. The quantitative estimate of drug-likeness (QED) is 0.528. The summed E-state index contributed by atoms with van der Waals surface area (Å²) in [6.07, 6.45) is 0. The molecule has 2 aromatic carbocycles. The molecule has 0 radical (unpaired) electrons. The van der Waals surface area contributed by atoms with Crippen LogP contribution in [-0.4, -0.2) is 39.0 Å². The first-order valence-electron chi connectivity index (χ1n) is 9.63. The molecule has 2 aliphatic rings. The molecule has 0 saturated carbocycles. The van der Waals surface area contributed by atoms with Gasteiger partial charge in [-0.25, -0.2) is 4.90 Å². The van der Waals surface area contributed by atoms with E-state index in [2.05, 4.69) is 36.4 Å². The highest BCUT2D eigenvalue weighted by atomic mass is 79.9. The molecule has 0 unspecified atom stereocenters. The number of aromatic nitrogens is 2. The van der Waals surface area contributed by atoms with Gasteiger partial charge in [0.2, 0.25) is 11.7 Å². The smallest absolute Gasteiger partial charge is 0.263 e. The SMILES string of the molecule is Cc1ccc(N2C(=O)[C@@H]3[C@@H](N=NN3Cc3nc(-c4ccc(Br)cc4)no3)C2=O)cc1C. The van der Waals surface area contributed by atoms with E-state index in [4.69, 9.17) is 4.52 Å². The number of fused-ring (bicyclic) bond motifs is 1. The Morgan fingerprint density at radius 1 is 1.03 bits per heavy atom. The maximum atomic E-state index is 13.1. The number of aryl methyl sites for hydroxylation is 2. The van der Waals surface area contributed by atoms with Crippen LogP contribution in [0.2, 0.25) is 0 Å². The number of carbonyl (C=O) groups excluding carboxylic acids is 2. The van der Waals surface area contributed by atoms with Crippen molar-refractivity contribution in [2.24, 2.45) is 10.3 Å². The first-order chi connectivity index (χ1) is 14.9. The molecule has 2 atom stereocenters. The van der Waals surface area contributed by atoms with Gasteiger partial charge in [0.1, 0.15) is 6.54 Å². The second-order valence-electron chi connectivity index (χ2n) is 7.49. The molecular formula is C21H17BrN6O3. The standard InChI is InChI=1S/C21H17BrN6O3/c1-11-3-8-15(9-12(11)2)28-20(29)17-18(21(28)30)27(26-24-17)10-16-23-19(25-31-16)13-4-6-14(22)7-5-13/h3-9,17-18H,10H2,1-2H3/t17-,18+/m1/s1. The van der Waals surface area contributed by atoms with Crippen LogP contribution in [0.5, 0.6) is 0 Å². The number of anilines is 1. The number of hydrogen-bond acceptors (Lipinski definition) is 8. The minimum Gasteiger partial charge on any atom is -0.337 e. The monoisotopic (exact) mass is 480 g/mol. The van der Waals surface area contributed by atoms with E-state index in [1.54, 1.807) is 6.07 Å². The van der Waals surface area contributed by atoms with Crippen molar-refractivity contribution in [1.29, 1.82) is 0 Å². The number of rotatable bonds is 4. The van der Waals surface area contributed by atoms with Crippen molar-refractivity contribution in [3.05, 3.63) is 64.0 Å². The van der Waals surface area contributed by atoms with Crippen LogP contribution >= 0.6 is 15.9 Å². The largest absolute Gasteiger partial charge is 0.337 e. The molecule has 5 rings (SSSR count). The Morgan fingerprint density at radius 2 is 1.81 bits per heavy atom. The van der Waals surface area contributed by atoms with Gasteiger partial charge in [-0.15, -0.1) is 0 Å². The topological polar surface area (TPSA) is 104 Å². The van der Waals surface area contributed by atoms with E-state index in [1.165, 1.54) is 9.91 Å². The second-order valence-corrected chi connectivity index (χ2v) is 8.41. The van der Waals surface area contributed by atoms with E-state index >= 15 is 0 Å². The average Bonchev–Trinajstić information content (AvgIpc) is 3.44. The summed E-state index contributed by atoms with van der Waals surface area (Å²) < 4.78 is 6.28. The van der Waals surface area contributed by atoms with Crippen molar-refractivity contribution >= 4 is 33.4 Å². The predicted molar refractivity (Wildman–Crippen MR) is 114 cm³/mol. The maximum Gasteiger partial charge on any atom is 0.263 e. The molecule has 31 heavy (non-hydrogen) atoms. The summed E-state index contributed by atoms with van der Waals surface area (Å²) in [6.45, 7) is 3.99. The first-order valence-corrected chi connectivity index (χ1v) is 10.4. The van der Waals surface area contributed by atoms with Crippen molar-refractivity contribution in [2.75, 3.05) is 4.90 Å². The third-order valence-electron chi connectivity index (χ3n) is 5.47. The fraction of sp³-hybridized carbons (Fsp3) is 0.238. The number of halogens is 1. The molecule has 0 aliphatic carbocycles. The van der Waals surface area contributed by atoms with Crippen LogP contribution in [0.15, 0.2) is 61.8 Å². The number of hydrogen-bond donors (Lipinski definition) is 0. The lowest BCUT2D eigenvalue weighted by Gasteiger charge is -2.19. The zero-order valence-corrected chi connectivity index (χ0v) is 18.3. The minimum absolute atomic E-state index is 0.0774. The summed E-state index contributed by atoms with van der Waals surface area (Å²) in [5.41, 5.74) is 3.42. The number of amides is 2. The summed E-state index contributed by atoms with van der Waals surface area (Å²) in [6, 6.07) is 11.3. The third kappa shape index (κ3) is 3.32. The molecule has 2 amide bonds. The van der Waals surface area contributed by atoms with Crippen LogP contribution in [-0.2, 0) is 16.1 Å². The Balaban J connectivity index is 1.36. The number of carbonyl (C=O) groups is 2. The lowest BCUT2D eigenvalue weighted by atomic mass is 10.1. The summed E-state index contributed by atoms with van der Waals surface area (Å²) >= 11 is 3.39. The van der Waals surface area contributed by atoms with Gasteiger partial charge in [0.05, 0.1) is 5.69 Å². The Hall–Kier alpha value is -3.40. The van der Waals surface area contributed by atoms with Crippen molar-refractivity contribution in [1.82, 2.24) is 15.1 Å². The van der Waals surface area contributed by atoms with Gasteiger partial charge in [0.25, 0.3) is 11.8 Å². The van der Waals surface area contributed by atoms with Crippen molar-refractivity contribution in [3.63, 3.8) is 0 Å². The molecule has 9 nitrogen and oxygen atoms in total. The molecule has 2 aliphatic heterocycles. The first kappa shape index (κ1) is 19.6. The van der Waals surface area contributed by atoms with Gasteiger partial charge in [-0.1, -0.05) is 32.4 Å². The van der Waals surface area contributed by atoms with Gasteiger partial charge in [-0.2, -0.15) is 10.1 Å². The van der Waals surface area contributed by atoms with Crippen LogP contribution in [0.1, 0.15) is 17.0 Å². The normalized spacial score (nSPS) is 20.1. The summed E-state index contributed by atoms with van der Waals surface area (Å²) in [5.74, 6) is -0.0374. The number of benzene rings is 2. The maximum absolute atomic E-state index is 13.1. The average molecular weight is 481 g/mol. The van der Waals surface area contributed by atoms with Crippen LogP contribution in [0.4, 0.5) is 5.69 Å². The van der Waals surface area contributed by atoms with Crippen molar-refractivity contribution in [3.8, 4) is 11.4 Å². The van der Waals surface area contributed by atoms with E-state index in [1.807, 2.05) is 50.2 Å². The van der Waals surface area contributed by atoms with Crippen molar-refractivity contribution in [2.45, 2.75) is 32.5 Å². The van der Waals surface area contributed by atoms with E-state index in [0.29, 0.717) is 11.5 Å². The Bertz CT molecular complexity index is 1220. The predicted octanol–water partition coefficient (Wildman–Crippen LogP) is 3.61. The molecule has 3 aromatic rings. The molecule has 10 heteroatoms. The Morgan fingerprint density at radius 3 is 2.55 bits per heavy atom. The number of nitrogens with zero attached hydrogens (tertiary/aromatic N) is 6. The van der Waals surface area contributed by atoms with Gasteiger partial charge in [-0.05, 0) is 61.4 Å². The van der Waals surface area contributed by atoms with Crippen LogP contribution < -0.4 is 4.90 Å². The number of imide groups is 1. The molecule has 0 spiro atoms. The zero-order valence-electron chi connectivity index (χ0n) is 16.7. The molecule has 156 valence electrons. The molecule has 1 aromatic heterocycles. The van der Waals surface area contributed by atoms with Gasteiger partial charge >= 0.3 is 0 Å². The van der Waals surface area contributed by atoms with E-state index in [9.17, 15) is 9.59 Å². The van der Waals surface area contributed by atoms with Crippen LogP contribution in [0.3, 0.4) is 0 Å². The Labute approximate surface area is 185 Å². The summed E-state index contributed by atoms with van der Waals surface area (Å²) in [4.78, 5) is 31.6. The lowest BCUT2D eigenvalue weighted by molar-refractivity contribution is -0.123. The van der Waals surface area contributed by atoms with Gasteiger partial charge in [-0.3, -0.25) is 14.6 Å². The van der Waals surface area contributed by atoms with E-state index < -0.39 is 12.1 Å². The fourth-order valence-electron chi connectivity index (χ4n) is 3.65. The van der Waals surface area contributed by atoms with E-state index in [-0.39, 0.29) is 24.2 Å². The van der Waals surface area contributed by atoms with Gasteiger partial charge < -0.3 is 4.52 Å². The third-order valence-corrected chi connectivity index (χ3v) is 6.00. The minimum atomic E-state index is -0.872. The summed E-state index contributed by atoms with van der Waals surface area (Å²) in [5, 5.41) is 13.5. The highest BCUT2D eigenvalue weighted by Crippen LogP contribution is 2.33. The van der Waals surface area contributed by atoms with Crippen LogP contribution in [0, 0.1) is 13.8 Å². The highest BCUT2D eigenvalue weighted by molar-refractivity contribution is 9.10. The van der Waals surface area contributed by atoms with Crippen LogP contribution in [0.25, 0.3) is 11.4 Å². The molecule has 0 bridgehead atoms. The molecule has 3 heterocycles. The zero-order chi connectivity index (χ0) is 21.7. The van der Waals surface area contributed by atoms with E-state index in [0.717, 1.165) is 21.2 Å². The molecular weight excluding hydrogens is 464 g/mol. The van der Waals surface area contributed by atoms with Gasteiger partial charge in [0.15, 0.2) is 12.1 Å². The molecule has 1 saturated heterocycles. The Kier molecular flexibility index (Phi) is 4.66. The molecule has 0 N–H and O–H groups in total. The molecule has 1 fully saturated rings. The highest BCUT2D eigenvalue weighted by Gasteiger charge is 2.55. The summed E-state index contributed by atoms with van der Waals surface area (Å²) in [7, 11) is 0. The van der Waals surface area contributed by atoms with Gasteiger partial charge in [0, 0.05) is 10.0 Å². The second kappa shape index (κ2) is 7.38. The van der Waals surface area contributed by atoms with Crippen molar-refractivity contribution < 1.29 is 14.1 Å². The fourth-order valence-corrected chi connectivity index (χ4v) is 3.91.